The van der Waals surface area contributed by atoms with Crippen LogP contribution < -0.4 is 10.9 Å². The zero-order valence-electron chi connectivity index (χ0n) is 18.0. The number of carbonyl (C=O) groups is 1. The summed E-state index contributed by atoms with van der Waals surface area (Å²) in [4.78, 5) is 26.1. The molecule has 0 bridgehead atoms. The van der Waals surface area contributed by atoms with Crippen LogP contribution in [0.3, 0.4) is 0 Å². The van der Waals surface area contributed by atoms with E-state index in [1.165, 1.54) is 4.68 Å². The van der Waals surface area contributed by atoms with Crippen LogP contribution in [0.5, 0.6) is 0 Å². The third kappa shape index (κ3) is 3.94. The van der Waals surface area contributed by atoms with Crippen LogP contribution in [0, 0.1) is 6.92 Å². The zero-order chi connectivity index (χ0) is 22.8. The number of nitrogens with one attached hydrogen (secondary N) is 1. The first-order valence-electron chi connectivity index (χ1n) is 10.6. The van der Waals surface area contributed by atoms with E-state index < -0.39 is 0 Å². The molecule has 164 valence electrons. The van der Waals surface area contributed by atoms with E-state index in [0.717, 1.165) is 11.3 Å². The van der Waals surface area contributed by atoms with Gasteiger partial charge in [0.15, 0.2) is 5.82 Å². The molecule has 0 aliphatic rings. The Morgan fingerprint density at radius 2 is 1.58 bits per heavy atom. The number of benzene rings is 2. The summed E-state index contributed by atoms with van der Waals surface area (Å²) < 4.78 is 4.80. The lowest BCUT2D eigenvalue weighted by atomic mass is 10.2. The minimum Gasteiger partial charge on any atom is -0.350 e. The Kier molecular flexibility index (Phi) is 5.32. The molecular weight excluding hydrogens is 416 g/mol. The molecule has 0 fully saturated rings. The second kappa shape index (κ2) is 8.58. The van der Waals surface area contributed by atoms with Gasteiger partial charge in [-0.1, -0.05) is 48.5 Å². The Hall–Kier alpha value is -4.46. The summed E-state index contributed by atoms with van der Waals surface area (Å²) in [5, 5.41) is 12.4. The monoisotopic (exact) mass is 438 g/mol. The van der Waals surface area contributed by atoms with Gasteiger partial charge in [0.1, 0.15) is 17.4 Å². The van der Waals surface area contributed by atoms with Crippen LogP contribution in [-0.2, 0) is 17.9 Å². The molecule has 0 aliphatic heterocycles. The van der Waals surface area contributed by atoms with E-state index in [2.05, 4.69) is 10.4 Å². The van der Waals surface area contributed by atoms with Crippen LogP contribution in [0.4, 0.5) is 0 Å². The summed E-state index contributed by atoms with van der Waals surface area (Å²) in [6, 6.07) is 23.0. The van der Waals surface area contributed by atoms with Crippen molar-refractivity contribution in [3.63, 3.8) is 0 Å². The van der Waals surface area contributed by atoms with Gasteiger partial charge >= 0.3 is 0 Å². The number of aryl methyl sites for hydroxylation is 1. The lowest BCUT2D eigenvalue weighted by Gasteiger charge is -2.10. The normalized spacial score (nSPS) is 11.1. The molecule has 5 aromatic rings. The van der Waals surface area contributed by atoms with E-state index in [1.54, 1.807) is 11.6 Å². The first-order valence-corrected chi connectivity index (χ1v) is 10.6. The molecule has 1 amide bonds. The molecule has 2 aromatic carbocycles. The summed E-state index contributed by atoms with van der Waals surface area (Å²) in [5.74, 6) is 0.320. The van der Waals surface area contributed by atoms with Crippen molar-refractivity contribution in [2.45, 2.75) is 20.0 Å². The van der Waals surface area contributed by atoms with Gasteiger partial charge in [-0.05, 0) is 36.8 Å². The fourth-order valence-corrected chi connectivity index (χ4v) is 3.82. The number of hydrogen-bond donors (Lipinski definition) is 1. The van der Waals surface area contributed by atoms with Gasteiger partial charge in [-0.15, -0.1) is 0 Å². The molecule has 0 saturated heterocycles. The first kappa shape index (κ1) is 20.4. The Balaban J connectivity index is 1.57. The molecule has 1 N–H and O–H groups in total. The highest BCUT2D eigenvalue weighted by Gasteiger charge is 2.22. The fourth-order valence-electron chi connectivity index (χ4n) is 3.82. The van der Waals surface area contributed by atoms with Gasteiger partial charge in [0.25, 0.3) is 5.56 Å². The van der Waals surface area contributed by atoms with Crippen molar-refractivity contribution in [2.24, 2.45) is 0 Å². The maximum atomic E-state index is 13.5. The van der Waals surface area contributed by atoms with E-state index in [0.29, 0.717) is 29.0 Å². The Morgan fingerprint density at radius 1 is 0.909 bits per heavy atom. The number of aromatic nitrogens is 5. The molecule has 8 nitrogen and oxygen atoms in total. The highest BCUT2D eigenvalue weighted by Crippen LogP contribution is 2.24. The molecule has 8 heteroatoms. The molecule has 0 aliphatic carbocycles. The van der Waals surface area contributed by atoms with Crippen molar-refractivity contribution >= 4 is 16.8 Å². The second-order valence-electron chi connectivity index (χ2n) is 7.70. The average Bonchev–Trinajstić information content (AvgIpc) is 3.50. The maximum Gasteiger partial charge on any atom is 0.280 e. The number of carbonyl (C=O) groups excluding carboxylic acids is 1. The van der Waals surface area contributed by atoms with Crippen LogP contribution >= 0.6 is 0 Å². The van der Waals surface area contributed by atoms with Crippen molar-refractivity contribution in [3.8, 4) is 11.5 Å². The van der Waals surface area contributed by atoms with Crippen LogP contribution in [0.25, 0.3) is 22.4 Å². The molecule has 0 atom stereocenters. The molecule has 0 spiro atoms. The van der Waals surface area contributed by atoms with E-state index in [-0.39, 0.29) is 18.0 Å². The molecule has 0 saturated carbocycles. The molecule has 5 rings (SSSR count). The number of amides is 1. The molecule has 3 aromatic heterocycles. The zero-order valence-corrected chi connectivity index (χ0v) is 18.0. The maximum absolute atomic E-state index is 13.5. The van der Waals surface area contributed by atoms with Crippen molar-refractivity contribution in [2.75, 3.05) is 0 Å². The van der Waals surface area contributed by atoms with Gasteiger partial charge in [0, 0.05) is 18.9 Å². The SMILES string of the molecule is Cc1nn(CC(=O)NCc2ccccc2)c(=O)c2c(-n3cccc3)n(-c3ccccc3)nc12. The summed E-state index contributed by atoms with van der Waals surface area (Å²) in [6.07, 6.45) is 3.73. The lowest BCUT2D eigenvalue weighted by Crippen LogP contribution is -2.34. The summed E-state index contributed by atoms with van der Waals surface area (Å²) >= 11 is 0. The molecule has 3 heterocycles. The van der Waals surface area contributed by atoms with Crippen LogP contribution in [-0.4, -0.2) is 30.0 Å². The Morgan fingerprint density at radius 3 is 2.27 bits per heavy atom. The summed E-state index contributed by atoms with van der Waals surface area (Å²) in [6.45, 7) is 2.00. The number of nitrogens with zero attached hydrogens (tertiary/aromatic N) is 5. The van der Waals surface area contributed by atoms with E-state index in [4.69, 9.17) is 5.10 Å². The number of rotatable bonds is 6. The largest absolute Gasteiger partial charge is 0.350 e. The lowest BCUT2D eigenvalue weighted by molar-refractivity contribution is -0.122. The van der Waals surface area contributed by atoms with Crippen molar-refractivity contribution in [1.82, 2.24) is 29.4 Å². The van der Waals surface area contributed by atoms with Gasteiger partial charge in [0.2, 0.25) is 5.91 Å². The number of fused-ring (bicyclic) bond motifs is 1. The average molecular weight is 438 g/mol. The predicted molar refractivity (Wildman–Crippen MR) is 125 cm³/mol. The Bertz CT molecular complexity index is 1470. The van der Waals surface area contributed by atoms with Crippen molar-refractivity contribution in [1.29, 1.82) is 0 Å². The smallest absolute Gasteiger partial charge is 0.280 e. The Labute approximate surface area is 189 Å². The minimum atomic E-state index is -0.364. The van der Waals surface area contributed by atoms with Crippen LogP contribution in [0.2, 0.25) is 0 Å². The predicted octanol–water partition coefficient (Wildman–Crippen LogP) is 3.00. The van der Waals surface area contributed by atoms with Gasteiger partial charge in [0.05, 0.1) is 11.4 Å². The van der Waals surface area contributed by atoms with Gasteiger partial charge in [-0.2, -0.15) is 10.2 Å². The minimum absolute atomic E-state index is 0.177. The van der Waals surface area contributed by atoms with E-state index >= 15 is 0 Å². The highest BCUT2D eigenvalue weighted by molar-refractivity contribution is 5.88. The summed E-state index contributed by atoms with van der Waals surface area (Å²) in [5.41, 5.74) is 2.52. The summed E-state index contributed by atoms with van der Waals surface area (Å²) in [7, 11) is 0. The highest BCUT2D eigenvalue weighted by atomic mass is 16.2. The van der Waals surface area contributed by atoms with Crippen LogP contribution in [0.1, 0.15) is 11.3 Å². The van der Waals surface area contributed by atoms with Gasteiger partial charge in [-0.25, -0.2) is 9.36 Å². The van der Waals surface area contributed by atoms with Gasteiger partial charge < -0.3 is 9.88 Å². The fraction of sp³-hybridized carbons (Fsp3) is 0.120. The third-order valence-corrected chi connectivity index (χ3v) is 5.40. The number of para-hydroxylation sites is 1. The second-order valence-corrected chi connectivity index (χ2v) is 7.70. The molecule has 0 radical (unpaired) electrons. The van der Waals surface area contributed by atoms with Gasteiger partial charge in [-0.3, -0.25) is 9.59 Å². The standard InChI is InChI=1S/C25H22N6O2/c1-18-23-22(24(29-14-8-9-15-29)31(28-23)20-12-6-3-7-13-20)25(33)30(27-18)17-21(32)26-16-19-10-4-2-5-11-19/h2-15H,16-17H2,1H3,(H,26,32). The molecule has 33 heavy (non-hydrogen) atoms. The van der Waals surface area contributed by atoms with E-state index in [9.17, 15) is 9.59 Å². The molecular formula is C25H22N6O2. The third-order valence-electron chi connectivity index (χ3n) is 5.40. The van der Waals surface area contributed by atoms with Crippen molar-refractivity contribution in [3.05, 3.63) is 107 Å². The molecule has 0 unspecified atom stereocenters. The van der Waals surface area contributed by atoms with Crippen molar-refractivity contribution < 1.29 is 4.79 Å². The number of hydrogen-bond acceptors (Lipinski definition) is 4. The topological polar surface area (TPSA) is 86.7 Å². The first-order chi connectivity index (χ1) is 16.1. The van der Waals surface area contributed by atoms with E-state index in [1.807, 2.05) is 89.8 Å². The quantitative estimate of drug-likeness (QED) is 0.442. The van der Waals surface area contributed by atoms with Crippen LogP contribution in [0.15, 0.2) is 90.0 Å².